The summed E-state index contributed by atoms with van der Waals surface area (Å²) in [6.45, 7) is 0.0367. The van der Waals surface area contributed by atoms with Gasteiger partial charge >= 0.3 is 5.97 Å². The van der Waals surface area contributed by atoms with E-state index in [0.717, 1.165) is 25.7 Å². The third-order valence-electron chi connectivity index (χ3n) is 2.72. The van der Waals surface area contributed by atoms with Crippen LogP contribution in [-0.4, -0.2) is 48.1 Å². The van der Waals surface area contributed by atoms with Gasteiger partial charge in [-0.3, -0.25) is 9.59 Å². The monoisotopic (exact) mass is 214 g/mol. The van der Waals surface area contributed by atoms with Crippen LogP contribution in [-0.2, 0) is 9.59 Å². The van der Waals surface area contributed by atoms with Crippen LogP contribution in [0.1, 0.15) is 25.7 Å². The van der Waals surface area contributed by atoms with Crippen LogP contribution in [0.25, 0.3) is 0 Å². The van der Waals surface area contributed by atoms with Crippen LogP contribution in [0.5, 0.6) is 0 Å². The molecule has 1 aliphatic carbocycles. The van der Waals surface area contributed by atoms with E-state index in [4.69, 9.17) is 5.11 Å². The second kappa shape index (κ2) is 5.70. The maximum absolute atomic E-state index is 11.7. The fourth-order valence-corrected chi connectivity index (χ4v) is 2.04. The van der Waals surface area contributed by atoms with Crippen molar-refractivity contribution in [2.24, 2.45) is 0 Å². The number of nitrogens with one attached hydrogen (secondary N) is 1. The van der Waals surface area contributed by atoms with Crippen LogP contribution in [0, 0.1) is 0 Å². The molecule has 0 atom stereocenters. The van der Waals surface area contributed by atoms with Crippen molar-refractivity contribution in [1.82, 2.24) is 10.2 Å². The number of likely N-dealkylation sites (N-methyl/N-ethyl adjacent to an activating group) is 1. The van der Waals surface area contributed by atoms with Gasteiger partial charge in [-0.2, -0.15) is 0 Å². The molecule has 5 heteroatoms. The average molecular weight is 214 g/mol. The van der Waals surface area contributed by atoms with E-state index in [1.165, 1.54) is 4.90 Å². The van der Waals surface area contributed by atoms with Crippen molar-refractivity contribution in [1.29, 1.82) is 0 Å². The van der Waals surface area contributed by atoms with Crippen molar-refractivity contribution < 1.29 is 14.7 Å². The van der Waals surface area contributed by atoms with Gasteiger partial charge in [0.1, 0.15) is 6.54 Å². The van der Waals surface area contributed by atoms with E-state index < -0.39 is 5.97 Å². The number of carboxylic acid groups (broad SMARTS) is 1. The molecule has 1 saturated carbocycles. The molecule has 0 aromatic rings. The molecule has 1 rings (SSSR count). The van der Waals surface area contributed by atoms with E-state index in [1.807, 2.05) is 0 Å². The fourth-order valence-electron chi connectivity index (χ4n) is 2.04. The molecule has 1 amide bonds. The van der Waals surface area contributed by atoms with E-state index >= 15 is 0 Å². The molecule has 0 unspecified atom stereocenters. The minimum atomic E-state index is -0.939. The van der Waals surface area contributed by atoms with Crippen LogP contribution in [0.4, 0.5) is 0 Å². The predicted octanol–water partition coefficient (Wildman–Crippen LogP) is 0.0616. The van der Waals surface area contributed by atoms with Gasteiger partial charge in [-0.1, -0.05) is 12.8 Å². The Bertz CT molecular complexity index is 237. The zero-order chi connectivity index (χ0) is 11.3. The van der Waals surface area contributed by atoms with E-state index in [-0.39, 0.29) is 25.0 Å². The molecule has 5 nitrogen and oxygen atoms in total. The van der Waals surface area contributed by atoms with Crippen LogP contribution in [0.2, 0.25) is 0 Å². The van der Waals surface area contributed by atoms with Gasteiger partial charge < -0.3 is 15.3 Å². The van der Waals surface area contributed by atoms with Gasteiger partial charge in [-0.05, 0) is 19.9 Å². The summed E-state index contributed by atoms with van der Waals surface area (Å²) < 4.78 is 0. The molecule has 0 heterocycles. The first kappa shape index (κ1) is 12.0. The van der Waals surface area contributed by atoms with Crippen molar-refractivity contribution in [3.8, 4) is 0 Å². The highest BCUT2D eigenvalue weighted by Gasteiger charge is 2.27. The first-order chi connectivity index (χ1) is 7.15. The Morgan fingerprint density at radius 2 is 2.00 bits per heavy atom. The number of carbonyl (C=O) groups excluding carboxylic acids is 1. The highest BCUT2D eigenvalue weighted by Crippen LogP contribution is 2.23. The minimum Gasteiger partial charge on any atom is -0.480 e. The molecule has 0 aromatic carbocycles. The lowest BCUT2D eigenvalue weighted by Crippen LogP contribution is -2.45. The zero-order valence-corrected chi connectivity index (χ0v) is 9.03. The number of carboxylic acids is 1. The van der Waals surface area contributed by atoms with Crippen molar-refractivity contribution in [3.63, 3.8) is 0 Å². The standard InChI is InChI=1S/C10H18N2O3/c1-11-6-9(13)12(7-10(14)15)8-4-2-3-5-8/h8,11H,2-7H2,1H3,(H,14,15). The van der Waals surface area contributed by atoms with Crippen molar-refractivity contribution in [2.75, 3.05) is 20.1 Å². The largest absolute Gasteiger partial charge is 0.480 e. The van der Waals surface area contributed by atoms with E-state index in [2.05, 4.69) is 5.32 Å². The number of carbonyl (C=O) groups is 2. The second-order valence-electron chi connectivity index (χ2n) is 3.88. The molecule has 15 heavy (non-hydrogen) atoms. The molecule has 0 aliphatic heterocycles. The zero-order valence-electron chi connectivity index (χ0n) is 9.03. The van der Waals surface area contributed by atoms with Crippen molar-refractivity contribution in [3.05, 3.63) is 0 Å². The SMILES string of the molecule is CNCC(=O)N(CC(=O)O)C1CCCC1. The van der Waals surface area contributed by atoms with Gasteiger partial charge in [0, 0.05) is 6.04 Å². The summed E-state index contributed by atoms with van der Waals surface area (Å²) in [5.41, 5.74) is 0. The molecule has 0 radical (unpaired) electrons. The van der Waals surface area contributed by atoms with Gasteiger partial charge in [0.25, 0.3) is 0 Å². The number of hydrogen-bond donors (Lipinski definition) is 2. The molecular weight excluding hydrogens is 196 g/mol. The number of hydrogen-bond acceptors (Lipinski definition) is 3. The normalized spacial score (nSPS) is 16.6. The molecule has 0 aromatic heterocycles. The lowest BCUT2D eigenvalue weighted by atomic mass is 10.2. The van der Waals surface area contributed by atoms with E-state index in [1.54, 1.807) is 7.05 Å². The number of aliphatic carboxylic acids is 1. The van der Waals surface area contributed by atoms with Gasteiger partial charge in [0.15, 0.2) is 0 Å². The summed E-state index contributed by atoms with van der Waals surface area (Å²) in [6, 6.07) is 0.127. The molecular formula is C10H18N2O3. The molecule has 0 spiro atoms. The van der Waals surface area contributed by atoms with Crippen LogP contribution in [0.3, 0.4) is 0 Å². The second-order valence-corrected chi connectivity index (χ2v) is 3.88. The van der Waals surface area contributed by atoms with Gasteiger partial charge in [0.2, 0.25) is 5.91 Å². The molecule has 2 N–H and O–H groups in total. The average Bonchev–Trinajstić information content (AvgIpc) is 2.66. The third-order valence-corrected chi connectivity index (χ3v) is 2.72. The number of nitrogens with zero attached hydrogens (tertiary/aromatic N) is 1. The highest BCUT2D eigenvalue weighted by molar-refractivity contribution is 5.83. The molecule has 1 fully saturated rings. The predicted molar refractivity (Wildman–Crippen MR) is 55.5 cm³/mol. The van der Waals surface area contributed by atoms with Gasteiger partial charge in [-0.15, -0.1) is 0 Å². The van der Waals surface area contributed by atoms with E-state index in [9.17, 15) is 9.59 Å². The first-order valence-corrected chi connectivity index (χ1v) is 5.31. The molecule has 1 aliphatic rings. The van der Waals surface area contributed by atoms with Crippen molar-refractivity contribution >= 4 is 11.9 Å². The Labute approximate surface area is 89.4 Å². The Hall–Kier alpha value is -1.10. The minimum absolute atomic E-state index is 0.119. The van der Waals surface area contributed by atoms with E-state index in [0.29, 0.717) is 0 Å². The molecule has 0 saturated heterocycles. The van der Waals surface area contributed by atoms with Gasteiger partial charge in [0.05, 0.1) is 6.54 Å². The Morgan fingerprint density at radius 1 is 1.40 bits per heavy atom. The smallest absolute Gasteiger partial charge is 0.323 e. The summed E-state index contributed by atoms with van der Waals surface area (Å²) in [5.74, 6) is -1.06. The summed E-state index contributed by atoms with van der Waals surface area (Å²) >= 11 is 0. The Kier molecular flexibility index (Phi) is 4.55. The third kappa shape index (κ3) is 3.51. The summed E-state index contributed by atoms with van der Waals surface area (Å²) in [6.07, 6.45) is 4.05. The maximum atomic E-state index is 11.7. The van der Waals surface area contributed by atoms with Crippen LogP contribution < -0.4 is 5.32 Å². The lowest BCUT2D eigenvalue weighted by molar-refractivity contribution is -0.145. The maximum Gasteiger partial charge on any atom is 0.323 e. The summed E-state index contributed by atoms with van der Waals surface area (Å²) in [4.78, 5) is 23.8. The Morgan fingerprint density at radius 3 is 2.47 bits per heavy atom. The fraction of sp³-hybridized carbons (Fsp3) is 0.800. The molecule has 86 valence electrons. The lowest BCUT2D eigenvalue weighted by Gasteiger charge is -2.27. The quantitative estimate of drug-likeness (QED) is 0.679. The Balaban J connectivity index is 2.58. The summed E-state index contributed by atoms with van der Waals surface area (Å²) in [5, 5.41) is 11.5. The number of amides is 1. The topological polar surface area (TPSA) is 69.6 Å². The van der Waals surface area contributed by atoms with Crippen molar-refractivity contribution in [2.45, 2.75) is 31.7 Å². The highest BCUT2D eigenvalue weighted by atomic mass is 16.4. The van der Waals surface area contributed by atoms with Crippen LogP contribution >= 0.6 is 0 Å². The molecule has 0 bridgehead atoms. The first-order valence-electron chi connectivity index (χ1n) is 5.31. The number of rotatable bonds is 5. The summed E-state index contributed by atoms with van der Waals surface area (Å²) in [7, 11) is 1.69. The van der Waals surface area contributed by atoms with Gasteiger partial charge in [-0.25, -0.2) is 0 Å². The van der Waals surface area contributed by atoms with Crippen LogP contribution in [0.15, 0.2) is 0 Å².